The predicted molar refractivity (Wildman–Crippen MR) is 93.1 cm³/mol. The van der Waals surface area contributed by atoms with Crippen LogP contribution in [0.3, 0.4) is 0 Å². The fourth-order valence-corrected chi connectivity index (χ4v) is 3.53. The molecule has 3 aromatic rings. The molecule has 8 heteroatoms. The van der Waals surface area contributed by atoms with Gasteiger partial charge in [-0.25, -0.2) is 19.3 Å². The van der Waals surface area contributed by atoms with Crippen LogP contribution in [-0.4, -0.2) is 20.9 Å². The van der Waals surface area contributed by atoms with Gasteiger partial charge >= 0.3 is 0 Å². The summed E-state index contributed by atoms with van der Waals surface area (Å²) in [6, 6.07) is 6.22. The molecular formula is C16H12BrFN4OS. The molecule has 0 saturated heterocycles. The standard InChI is InChI=1S/C16H12BrFN4OS/c1-9-13(24-16(22-9)14-19-3-2-4-20-14)15(23)21-8-10-5-11(17)7-12(18)6-10/h2-7H,8H2,1H3,(H,21,23). The Hall–Kier alpha value is -2.19. The molecule has 0 bridgehead atoms. The van der Waals surface area contributed by atoms with E-state index in [1.165, 1.54) is 23.5 Å². The molecule has 0 radical (unpaired) electrons. The molecule has 24 heavy (non-hydrogen) atoms. The molecule has 5 nitrogen and oxygen atoms in total. The van der Waals surface area contributed by atoms with Crippen molar-refractivity contribution in [1.82, 2.24) is 20.3 Å². The van der Waals surface area contributed by atoms with Crippen molar-refractivity contribution in [3.63, 3.8) is 0 Å². The van der Waals surface area contributed by atoms with E-state index >= 15 is 0 Å². The molecule has 0 atom stereocenters. The van der Waals surface area contributed by atoms with Crippen LogP contribution in [0.1, 0.15) is 20.9 Å². The number of thiazole rings is 1. The summed E-state index contributed by atoms with van der Waals surface area (Å²) in [6.45, 7) is 1.99. The van der Waals surface area contributed by atoms with Gasteiger partial charge in [-0.05, 0) is 36.8 Å². The Morgan fingerprint density at radius 3 is 2.75 bits per heavy atom. The molecule has 2 aromatic heterocycles. The summed E-state index contributed by atoms with van der Waals surface area (Å²) < 4.78 is 14.0. The van der Waals surface area contributed by atoms with Gasteiger partial charge in [0, 0.05) is 23.4 Å². The number of carbonyl (C=O) groups is 1. The molecule has 0 aliphatic rings. The Morgan fingerprint density at radius 2 is 2.04 bits per heavy atom. The number of nitrogens with one attached hydrogen (secondary N) is 1. The lowest BCUT2D eigenvalue weighted by molar-refractivity contribution is 0.0954. The van der Waals surface area contributed by atoms with Gasteiger partial charge in [0.15, 0.2) is 10.8 Å². The van der Waals surface area contributed by atoms with Gasteiger partial charge in [-0.15, -0.1) is 11.3 Å². The Morgan fingerprint density at radius 1 is 1.29 bits per heavy atom. The molecule has 0 fully saturated rings. The number of aryl methyl sites for hydroxylation is 1. The van der Waals surface area contributed by atoms with Gasteiger partial charge in [-0.3, -0.25) is 4.79 Å². The fourth-order valence-electron chi connectivity index (χ4n) is 2.09. The van der Waals surface area contributed by atoms with E-state index in [0.717, 1.165) is 0 Å². The molecule has 1 aromatic carbocycles. The summed E-state index contributed by atoms with van der Waals surface area (Å²) in [5.74, 6) is -0.127. The minimum absolute atomic E-state index is 0.226. The van der Waals surface area contributed by atoms with E-state index in [1.54, 1.807) is 31.5 Å². The maximum atomic E-state index is 13.4. The molecule has 1 amide bonds. The third-order valence-corrected chi connectivity index (χ3v) is 4.75. The van der Waals surface area contributed by atoms with Crippen molar-refractivity contribution >= 4 is 33.2 Å². The average molecular weight is 407 g/mol. The molecular weight excluding hydrogens is 395 g/mol. The third-order valence-electron chi connectivity index (χ3n) is 3.14. The lowest BCUT2D eigenvalue weighted by atomic mass is 10.2. The van der Waals surface area contributed by atoms with Gasteiger partial charge in [-0.1, -0.05) is 15.9 Å². The van der Waals surface area contributed by atoms with Crippen LogP contribution in [0.2, 0.25) is 0 Å². The van der Waals surface area contributed by atoms with Gasteiger partial charge < -0.3 is 5.32 Å². The van der Waals surface area contributed by atoms with Crippen molar-refractivity contribution in [3.8, 4) is 10.8 Å². The molecule has 2 heterocycles. The maximum Gasteiger partial charge on any atom is 0.263 e. The number of hydrogen-bond donors (Lipinski definition) is 1. The lowest BCUT2D eigenvalue weighted by Gasteiger charge is -2.05. The topological polar surface area (TPSA) is 67.8 Å². The number of aromatic nitrogens is 3. The molecule has 1 N–H and O–H groups in total. The van der Waals surface area contributed by atoms with Crippen molar-refractivity contribution in [2.24, 2.45) is 0 Å². The van der Waals surface area contributed by atoms with E-state index in [0.29, 0.717) is 31.4 Å². The Kier molecular flexibility index (Phi) is 4.96. The van der Waals surface area contributed by atoms with Crippen molar-refractivity contribution in [1.29, 1.82) is 0 Å². The first-order chi connectivity index (χ1) is 11.5. The monoisotopic (exact) mass is 406 g/mol. The van der Waals surface area contributed by atoms with Crippen molar-refractivity contribution in [2.45, 2.75) is 13.5 Å². The van der Waals surface area contributed by atoms with Gasteiger partial charge in [0.05, 0.1) is 5.69 Å². The smallest absolute Gasteiger partial charge is 0.263 e. The van der Waals surface area contributed by atoms with E-state index in [2.05, 4.69) is 36.2 Å². The summed E-state index contributed by atoms with van der Waals surface area (Å²) >= 11 is 4.46. The number of amides is 1. The molecule has 0 unspecified atom stereocenters. The quantitative estimate of drug-likeness (QED) is 0.716. The number of hydrogen-bond acceptors (Lipinski definition) is 5. The molecule has 0 spiro atoms. The number of benzene rings is 1. The van der Waals surface area contributed by atoms with Gasteiger partial charge in [0.25, 0.3) is 5.91 Å². The zero-order valence-electron chi connectivity index (χ0n) is 12.6. The largest absolute Gasteiger partial charge is 0.347 e. The van der Waals surface area contributed by atoms with E-state index in [-0.39, 0.29) is 18.3 Å². The van der Waals surface area contributed by atoms with Crippen LogP contribution < -0.4 is 5.32 Å². The van der Waals surface area contributed by atoms with Gasteiger partial charge in [-0.2, -0.15) is 0 Å². The minimum atomic E-state index is -0.355. The number of halogens is 2. The highest BCUT2D eigenvalue weighted by molar-refractivity contribution is 9.10. The zero-order chi connectivity index (χ0) is 17.1. The van der Waals surface area contributed by atoms with Crippen LogP contribution in [0, 0.1) is 12.7 Å². The highest BCUT2D eigenvalue weighted by Gasteiger charge is 2.17. The molecule has 122 valence electrons. The van der Waals surface area contributed by atoms with Gasteiger partial charge in [0.1, 0.15) is 10.7 Å². The van der Waals surface area contributed by atoms with E-state index in [4.69, 9.17) is 0 Å². The van der Waals surface area contributed by atoms with Crippen LogP contribution in [0.5, 0.6) is 0 Å². The number of nitrogens with zero attached hydrogens (tertiary/aromatic N) is 3. The summed E-state index contributed by atoms with van der Waals surface area (Å²) in [7, 11) is 0. The Balaban J connectivity index is 1.74. The molecule has 0 aliphatic heterocycles. The highest BCUT2D eigenvalue weighted by Crippen LogP contribution is 2.25. The maximum absolute atomic E-state index is 13.4. The average Bonchev–Trinajstić information content (AvgIpc) is 2.94. The van der Waals surface area contributed by atoms with Crippen molar-refractivity contribution < 1.29 is 9.18 Å². The summed E-state index contributed by atoms with van der Waals surface area (Å²) in [5.41, 5.74) is 1.28. The Labute approximate surface area is 150 Å². The fraction of sp³-hybridized carbons (Fsp3) is 0.125. The minimum Gasteiger partial charge on any atom is -0.347 e. The van der Waals surface area contributed by atoms with Crippen LogP contribution in [-0.2, 0) is 6.54 Å². The van der Waals surface area contributed by atoms with Crippen LogP contribution in [0.15, 0.2) is 41.1 Å². The van der Waals surface area contributed by atoms with E-state index in [1.807, 2.05) is 0 Å². The first-order valence-corrected chi connectivity index (χ1v) is 8.62. The van der Waals surface area contributed by atoms with Gasteiger partial charge in [0.2, 0.25) is 0 Å². The lowest BCUT2D eigenvalue weighted by Crippen LogP contribution is -2.22. The van der Waals surface area contributed by atoms with Crippen LogP contribution >= 0.6 is 27.3 Å². The predicted octanol–water partition coefficient (Wildman–Crippen LogP) is 3.74. The second-order valence-corrected chi connectivity index (χ2v) is 6.88. The zero-order valence-corrected chi connectivity index (χ0v) is 15.0. The summed E-state index contributed by atoms with van der Waals surface area (Å²) in [6.07, 6.45) is 3.25. The highest BCUT2D eigenvalue weighted by atomic mass is 79.9. The summed E-state index contributed by atoms with van der Waals surface area (Å²) in [5, 5.41) is 3.37. The van der Waals surface area contributed by atoms with E-state index in [9.17, 15) is 9.18 Å². The van der Waals surface area contributed by atoms with Crippen molar-refractivity contribution in [3.05, 3.63) is 63.1 Å². The van der Waals surface area contributed by atoms with Crippen LogP contribution in [0.4, 0.5) is 4.39 Å². The molecule has 3 rings (SSSR count). The first kappa shape index (κ1) is 16.7. The first-order valence-electron chi connectivity index (χ1n) is 7.01. The van der Waals surface area contributed by atoms with Crippen LogP contribution in [0.25, 0.3) is 10.8 Å². The second kappa shape index (κ2) is 7.14. The molecule has 0 saturated carbocycles. The number of rotatable bonds is 4. The normalized spacial score (nSPS) is 10.6. The number of carbonyl (C=O) groups excluding carboxylic acids is 1. The Bertz CT molecular complexity index is 865. The third kappa shape index (κ3) is 3.82. The van der Waals surface area contributed by atoms with Crippen molar-refractivity contribution in [2.75, 3.05) is 0 Å². The SMILES string of the molecule is Cc1nc(-c2ncccn2)sc1C(=O)NCc1cc(F)cc(Br)c1. The summed E-state index contributed by atoms with van der Waals surface area (Å²) in [4.78, 5) is 25.5. The van der Waals surface area contributed by atoms with E-state index < -0.39 is 0 Å². The second-order valence-electron chi connectivity index (χ2n) is 4.97. The molecule has 0 aliphatic carbocycles.